The average Bonchev–Trinajstić information content (AvgIpc) is 3.48. The fraction of sp³-hybridized carbons (Fsp3) is 0.375. The van der Waals surface area contributed by atoms with Crippen LogP contribution in [0.15, 0.2) is 72.8 Å². The molecule has 0 aliphatic carbocycles. The van der Waals surface area contributed by atoms with Crippen LogP contribution in [-0.4, -0.2) is 68.3 Å². The largest absolute Gasteiger partial charge is 0.508 e. The minimum Gasteiger partial charge on any atom is -0.508 e. The summed E-state index contributed by atoms with van der Waals surface area (Å²) in [5, 5.41) is 13.0. The molecule has 8 rings (SSSR count). The summed E-state index contributed by atoms with van der Waals surface area (Å²) >= 11 is 0. The first-order valence-corrected chi connectivity index (χ1v) is 17.5. The molecule has 0 saturated carbocycles. The van der Waals surface area contributed by atoms with Gasteiger partial charge in [0, 0.05) is 87.1 Å². The Balaban J connectivity index is 0.914. The topological polar surface area (TPSA) is 68.3 Å². The number of aryl methyl sites for hydroxylation is 1. The van der Waals surface area contributed by atoms with Crippen molar-refractivity contribution in [1.82, 2.24) is 10.2 Å². The van der Waals surface area contributed by atoms with Crippen LogP contribution in [0.25, 0.3) is 0 Å². The predicted octanol–water partition coefficient (Wildman–Crippen LogP) is 6.57. The summed E-state index contributed by atoms with van der Waals surface area (Å²) < 4.78 is 36.1. The molecule has 2 atom stereocenters. The van der Waals surface area contributed by atoms with Gasteiger partial charge in [-0.05, 0) is 96.5 Å². The van der Waals surface area contributed by atoms with Gasteiger partial charge >= 0.3 is 0 Å². The molecule has 2 saturated heterocycles. The van der Waals surface area contributed by atoms with Gasteiger partial charge in [-0.15, -0.1) is 0 Å². The van der Waals surface area contributed by atoms with Crippen molar-refractivity contribution in [3.8, 4) is 11.5 Å². The van der Waals surface area contributed by atoms with Gasteiger partial charge in [0.1, 0.15) is 23.1 Å². The van der Waals surface area contributed by atoms with Crippen LogP contribution in [0.2, 0.25) is 0 Å². The van der Waals surface area contributed by atoms with Gasteiger partial charge in [0.2, 0.25) is 0 Å². The third-order valence-corrected chi connectivity index (χ3v) is 11.1. The van der Waals surface area contributed by atoms with Crippen molar-refractivity contribution in [2.45, 2.75) is 38.1 Å². The number of fused-ring (bicyclic) bond motifs is 2. The molecule has 4 aromatic carbocycles. The van der Waals surface area contributed by atoms with Crippen LogP contribution in [-0.2, 0) is 6.54 Å². The molecule has 1 amide bonds. The highest BCUT2D eigenvalue weighted by Crippen LogP contribution is 2.48. The lowest BCUT2D eigenvalue weighted by Gasteiger charge is -2.40. The molecule has 7 nitrogen and oxygen atoms in total. The molecular weight excluding hydrogens is 622 g/mol. The van der Waals surface area contributed by atoms with Crippen molar-refractivity contribution in [3.63, 3.8) is 0 Å². The van der Waals surface area contributed by atoms with Gasteiger partial charge < -0.3 is 25.0 Å². The van der Waals surface area contributed by atoms with Gasteiger partial charge in [0.15, 0.2) is 0 Å². The fourth-order valence-electron chi connectivity index (χ4n) is 8.43. The first-order chi connectivity index (χ1) is 23.8. The number of benzene rings is 4. The zero-order chi connectivity index (χ0) is 33.6. The van der Waals surface area contributed by atoms with Crippen molar-refractivity contribution in [2.24, 2.45) is 5.92 Å². The lowest BCUT2D eigenvalue weighted by atomic mass is 9.74. The molecule has 4 aliphatic rings. The quantitative estimate of drug-likeness (QED) is 0.243. The Hall–Kier alpha value is -4.63. The van der Waals surface area contributed by atoms with Crippen molar-refractivity contribution in [1.29, 1.82) is 0 Å². The summed E-state index contributed by atoms with van der Waals surface area (Å²) in [4.78, 5) is 19.1. The first kappa shape index (κ1) is 31.6. The number of piperazine rings is 1. The van der Waals surface area contributed by atoms with Gasteiger partial charge in [0.05, 0.1) is 12.3 Å². The highest BCUT2D eigenvalue weighted by molar-refractivity contribution is 5.98. The van der Waals surface area contributed by atoms with Gasteiger partial charge in [-0.2, -0.15) is 0 Å². The zero-order valence-corrected chi connectivity index (χ0v) is 27.8. The van der Waals surface area contributed by atoms with Crippen molar-refractivity contribution >= 4 is 17.3 Å². The Morgan fingerprint density at radius 3 is 2.43 bits per heavy atom. The number of hydrogen-bond donors (Lipinski definition) is 2. The standard InChI is InChI=1S/C40H42F2N4O3/c1-25-18-29(41)3-6-32(25)35-24-49-38-21-31(47)5-8-34(38)39(35)27-2-9-37(36(42)20-27)46-12-10-26(11-13-46)23-44-14-16-45(17-15-44)30-4-7-33-28(19-30)22-43-40(33)48/h2-9,18-21,26,35,39,47H,10-17,22-24H2,1H3,(H,43,48)/t35-,39-/m1/s1. The van der Waals surface area contributed by atoms with E-state index in [0.29, 0.717) is 30.5 Å². The van der Waals surface area contributed by atoms with E-state index in [-0.39, 0.29) is 35.1 Å². The lowest BCUT2D eigenvalue weighted by molar-refractivity contribution is 0.0965. The smallest absolute Gasteiger partial charge is 0.251 e. The number of aromatic hydroxyl groups is 1. The molecule has 0 bridgehead atoms. The van der Waals surface area contributed by atoms with Crippen LogP contribution in [0.5, 0.6) is 11.5 Å². The number of halogens is 2. The van der Waals surface area contributed by atoms with Gasteiger partial charge in [0.25, 0.3) is 5.91 Å². The minimum absolute atomic E-state index is 0.0209. The highest BCUT2D eigenvalue weighted by Gasteiger charge is 2.35. The highest BCUT2D eigenvalue weighted by atomic mass is 19.1. The van der Waals surface area contributed by atoms with E-state index in [0.717, 1.165) is 92.0 Å². The minimum atomic E-state index is -0.286. The number of anilines is 2. The number of carbonyl (C=O) groups excluding carboxylic acids is 1. The van der Waals surface area contributed by atoms with Crippen LogP contribution >= 0.6 is 0 Å². The third-order valence-electron chi connectivity index (χ3n) is 11.1. The predicted molar refractivity (Wildman–Crippen MR) is 187 cm³/mol. The average molecular weight is 665 g/mol. The molecule has 49 heavy (non-hydrogen) atoms. The monoisotopic (exact) mass is 664 g/mol. The Morgan fingerprint density at radius 2 is 1.65 bits per heavy atom. The maximum Gasteiger partial charge on any atom is 0.251 e. The Morgan fingerprint density at radius 1 is 0.857 bits per heavy atom. The molecule has 0 radical (unpaired) electrons. The van der Waals surface area contributed by atoms with E-state index in [1.165, 1.54) is 17.8 Å². The van der Waals surface area contributed by atoms with E-state index in [2.05, 4.69) is 32.1 Å². The van der Waals surface area contributed by atoms with Crippen molar-refractivity contribution in [2.75, 3.05) is 62.2 Å². The van der Waals surface area contributed by atoms with E-state index >= 15 is 4.39 Å². The molecule has 2 N–H and O–H groups in total. The van der Waals surface area contributed by atoms with Crippen molar-refractivity contribution in [3.05, 3.63) is 118 Å². The second-order valence-electron chi connectivity index (χ2n) is 14.1. The molecule has 4 aliphatic heterocycles. The number of piperidine rings is 1. The number of phenols is 1. The Labute approximate surface area is 286 Å². The molecular formula is C40H42F2N4O3. The summed E-state index contributed by atoms with van der Waals surface area (Å²) in [6.45, 7) is 9.51. The zero-order valence-electron chi connectivity index (χ0n) is 27.8. The van der Waals surface area contributed by atoms with Gasteiger partial charge in [-0.3, -0.25) is 9.69 Å². The number of phenolic OH excluding ortho intramolecular Hbond substituents is 1. The summed E-state index contributed by atoms with van der Waals surface area (Å²) in [5.74, 6) is 0.431. The van der Waals surface area contributed by atoms with Crippen LogP contribution in [0.3, 0.4) is 0 Å². The third kappa shape index (κ3) is 6.21. The number of nitrogens with one attached hydrogen (secondary N) is 1. The second kappa shape index (κ2) is 13.0. The summed E-state index contributed by atoms with van der Waals surface area (Å²) in [5.41, 5.74) is 7.23. The molecule has 9 heteroatoms. The van der Waals surface area contributed by atoms with E-state index in [4.69, 9.17) is 4.74 Å². The molecule has 0 spiro atoms. The van der Waals surface area contributed by atoms with E-state index in [9.17, 15) is 14.3 Å². The first-order valence-electron chi connectivity index (χ1n) is 17.5. The number of rotatable bonds is 6. The molecule has 2 fully saturated rings. The summed E-state index contributed by atoms with van der Waals surface area (Å²) in [6, 6.07) is 21.7. The number of carbonyl (C=O) groups is 1. The maximum atomic E-state index is 16.0. The van der Waals surface area contributed by atoms with Crippen LogP contribution in [0.1, 0.15) is 62.9 Å². The lowest BCUT2D eigenvalue weighted by Crippen LogP contribution is -2.49. The molecule has 4 aromatic rings. The van der Waals surface area contributed by atoms with Gasteiger partial charge in [-0.25, -0.2) is 8.78 Å². The Bertz CT molecular complexity index is 1880. The fourth-order valence-corrected chi connectivity index (χ4v) is 8.43. The van der Waals surface area contributed by atoms with Crippen LogP contribution in [0, 0.1) is 24.5 Å². The Kier molecular flexibility index (Phi) is 8.39. The number of amides is 1. The maximum absolute atomic E-state index is 16.0. The SMILES string of the molecule is Cc1cc(F)ccc1[C@H]1COc2cc(O)ccc2[C@H]1c1ccc(N2CCC(CN3CCN(c4ccc5c(c4)CNC5=O)CC3)CC2)c(F)c1. The van der Waals surface area contributed by atoms with E-state index in [1.54, 1.807) is 18.2 Å². The molecule has 0 aromatic heterocycles. The number of hydrogen-bond acceptors (Lipinski definition) is 6. The molecule has 254 valence electrons. The molecule has 0 unspecified atom stereocenters. The van der Waals surface area contributed by atoms with Crippen LogP contribution < -0.4 is 19.9 Å². The summed E-state index contributed by atoms with van der Waals surface area (Å²) in [7, 11) is 0. The van der Waals surface area contributed by atoms with E-state index in [1.807, 2.05) is 37.3 Å². The van der Waals surface area contributed by atoms with Crippen molar-refractivity contribution < 1.29 is 23.4 Å². The normalized spacial score (nSPS) is 21.2. The number of nitrogens with zero attached hydrogens (tertiary/aromatic N) is 3. The number of ether oxygens (including phenoxy) is 1. The van der Waals surface area contributed by atoms with Gasteiger partial charge in [-0.1, -0.05) is 18.2 Å². The summed E-state index contributed by atoms with van der Waals surface area (Å²) in [6.07, 6.45) is 2.05. The second-order valence-corrected chi connectivity index (χ2v) is 14.1. The van der Waals surface area contributed by atoms with Crippen LogP contribution in [0.4, 0.5) is 20.2 Å². The molecule has 4 heterocycles. The van der Waals surface area contributed by atoms with E-state index < -0.39 is 0 Å².